The van der Waals surface area contributed by atoms with Gasteiger partial charge in [-0.3, -0.25) is 4.79 Å². The second-order valence-electron chi connectivity index (χ2n) is 6.34. The first-order valence-electron chi connectivity index (χ1n) is 7.54. The first-order chi connectivity index (χ1) is 11.0. The highest BCUT2D eigenvalue weighted by Gasteiger charge is 2.47. The van der Waals surface area contributed by atoms with Gasteiger partial charge in [0.05, 0.1) is 10.8 Å². The van der Waals surface area contributed by atoms with Crippen molar-refractivity contribution in [1.82, 2.24) is 4.98 Å². The van der Waals surface area contributed by atoms with E-state index in [-0.39, 0.29) is 5.82 Å². The van der Waals surface area contributed by atoms with Gasteiger partial charge in [-0.1, -0.05) is 12.8 Å². The van der Waals surface area contributed by atoms with Gasteiger partial charge in [0.25, 0.3) is 0 Å². The lowest BCUT2D eigenvalue weighted by Crippen LogP contribution is -2.48. The van der Waals surface area contributed by atoms with E-state index in [1.807, 2.05) is 0 Å². The Hall–Kier alpha value is -1.64. The number of hydrogen-bond donors (Lipinski definition) is 1. The highest BCUT2D eigenvalue weighted by Crippen LogP contribution is 2.33. The van der Waals surface area contributed by atoms with E-state index in [0.717, 1.165) is 25.1 Å². The summed E-state index contributed by atoms with van der Waals surface area (Å²) in [5.74, 6) is -1.22. The quantitative estimate of drug-likeness (QED) is 0.890. The third-order valence-corrected chi connectivity index (χ3v) is 7.29. The average Bonchev–Trinajstić information content (AvgIpc) is 3.01. The van der Waals surface area contributed by atoms with Crippen LogP contribution in [0, 0.1) is 0 Å². The summed E-state index contributed by atoms with van der Waals surface area (Å²) in [5, 5.41) is 1.60. The summed E-state index contributed by atoms with van der Waals surface area (Å²) in [4.78, 5) is 16.0. The Labute approximate surface area is 138 Å². The highest BCUT2D eigenvalue weighted by atomic mass is 32.2. The zero-order valence-corrected chi connectivity index (χ0v) is 14.2. The molecule has 2 rings (SSSR count). The maximum Gasteiger partial charge on any atom is 0.416 e. The molecule has 24 heavy (non-hydrogen) atoms. The lowest BCUT2D eigenvalue weighted by atomic mass is 10.2. The molecule has 134 valence electrons. The zero-order chi connectivity index (χ0) is 18.2. The Bertz CT molecular complexity index is 724. The van der Waals surface area contributed by atoms with Gasteiger partial charge in [0.15, 0.2) is 9.84 Å². The molecule has 1 heterocycles. The van der Waals surface area contributed by atoms with Crippen molar-refractivity contribution in [3.63, 3.8) is 0 Å². The minimum atomic E-state index is -4.58. The number of halogens is 3. The van der Waals surface area contributed by atoms with Gasteiger partial charge in [-0.15, -0.1) is 0 Å². The minimum Gasteiger partial charge on any atom is -0.309 e. The molecule has 0 aromatic carbocycles. The van der Waals surface area contributed by atoms with Crippen molar-refractivity contribution in [2.24, 2.45) is 0 Å². The molecular weight excluding hydrogens is 345 g/mol. The van der Waals surface area contributed by atoms with Crippen molar-refractivity contribution in [3.05, 3.63) is 23.9 Å². The summed E-state index contributed by atoms with van der Waals surface area (Å²) in [6.07, 6.45) is -1.08. The summed E-state index contributed by atoms with van der Waals surface area (Å²) in [7, 11) is -3.76. The van der Waals surface area contributed by atoms with Crippen LogP contribution in [0.25, 0.3) is 0 Å². The number of pyridine rings is 1. The number of rotatable bonds is 4. The largest absolute Gasteiger partial charge is 0.416 e. The Morgan fingerprint density at radius 2 is 1.83 bits per heavy atom. The second kappa shape index (κ2) is 6.34. The third kappa shape index (κ3) is 3.55. The normalized spacial score (nSPS) is 17.0. The van der Waals surface area contributed by atoms with Gasteiger partial charge >= 0.3 is 6.18 Å². The van der Waals surface area contributed by atoms with Crippen molar-refractivity contribution < 1.29 is 26.4 Å². The van der Waals surface area contributed by atoms with Crippen LogP contribution in [0.3, 0.4) is 0 Å². The summed E-state index contributed by atoms with van der Waals surface area (Å²) in [6, 6.07) is 1.45. The van der Waals surface area contributed by atoms with Crippen molar-refractivity contribution in [1.29, 1.82) is 0 Å². The topological polar surface area (TPSA) is 76.1 Å². The number of nitrogens with zero attached hydrogens (tertiary/aromatic N) is 1. The van der Waals surface area contributed by atoms with Crippen LogP contribution in [-0.4, -0.2) is 29.3 Å². The van der Waals surface area contributed by atoms with Crippen molar-refractivity contribution in [2.75, 3.05) is 5.32 Å². The number of hydrogen-bond acceptors (Lipinski definition) is 4. The molecule has 9 heteroatoms. The smallest absolute Gasteiger partial charge is 0.309 e. The van der Waals surface area contributed by atoms with Crippen molar-refractivity contribution >= 4 is 21.6 Å². The molecule has 1 aromatic heterocycles. The summed E-state index contributed by atoms with van der Waals surface area (Å²) in [5.41, 5.74) is -0.968. The SMILES string of the molecule is CC(C)(C(=O)Nc1cc(C(F)(F)F)ccn1)S(=O)(=O)C1CCCC1. The van der Waals surface area contributed by atoms with E-state index in [1.54, 1.807) is 0 Å². The van der Waals surface area contributed by atoms with Gasteiger partial charge < -0.3 is 5.32 Å². The Morgan fingerprint density at radius 1 is 1.25 bits per heavy atom. The first kappa shape index (κ1) is 18.7. The molecule has 0 spiro atoms. The van der Waals surface area contributed by atoms with Crippen LogP contribution in [0.1, 0.15) is 45.1 Å². The fraction of sp³-hybridized carbons (Fsp3) is 0.600. The monoisotopic (exact) mass is 364 g/mol. The number of sulfone groups is 1. The summed E-state index contributed by atoms with van der Waals surface area (Å²) >= 11 is 0. The van der Waals surface area contributed by atoms with Crippen LogP contribution in [0.5, 0.6) is 0 Å². The average molecular weight is 364 g/mol. The molecule has 1 amide bonds. The number of aromatic nitrogens is 1. The molecule has 0 aliphatic heterocycles. The van der Waals surface area contributed by atoms with Crippen LogP contribution in [-0.2, 0) is 20.8 Å². The molecular formula is C15H19F3N2O3S. The third-order valence-electron chi connectivity index (χ3n) is 4.33. The summed E-state index contributed by atoms with van der Waals surface area (Å²) in [6.45, 7) is 2.53. The van der Waals surface area contributed by atoms with E-state index in [0.29, 0.717) is 18.9 Å². The van der Waals surface area contributed by atoms with Gasteiger partial charge in [-0.2, -0.15) is 13.2 Å². The molecule has 0 radical (unpaired) electrons. The molecule has 0 atom stereocenters. The predicted octanol–water partition coefficient (Wildman–Crippen LogP) is 3.17. The van der Waals surface area contributed by atoms with Crippen molar-refractivity contribution in [3.8, 4) is 0 Å². The molecule has 1 saturated carbocycles. The molecule has 1 aliphatic carbocycles. The second-order valence-corrected chi connectivity index (χ2v) is 9.12. The molecule has 1 aromatic rings. The number of carbonyl (C=O) groups excluding carboxylic acids is 1. The van der Waals surface area contributed by atoms with Crippen LogP contribution in [0.2, 0.25) is 0 Å². The van der Waals surface area contributed by atoms with E-state index in [4.69, 9.17) is 0 Å². The number of alkyl halides is 3. The Morgan fingerprint density at radius 3 is 2.38 bits per heavy atom. The van der Waals surface area contributed by atoms with E-state index in [9.17, 15) is 26.4 Å². The highest BCUT2D eigenvalue weighted by molar-refractivity contribution is 7.94. The van der Waals surface area contributed by atoms with Crippen LogP contribution >= 0.6 is 0 Å². The lowest BCUT2D eigenvalue weighted by Gasteiger charge is -2.27. The molecule has 5 nitrogen and oxygen atoms in total. The molecule has 0 unspecified atom stereocenters. The van der Waals surface area contributed by atoms with Gasteiger partial charge in [0.2, 0.25) is 5.91 Å². The minimum absolute atomic E-state index is 0.329. The van der Waals surface area contributed by atoms with E-state index in [1.165, 1.54) is 13.8 Å². The first-order valence-corrected chi connectivity index (χ1v) is 9.09. The van der Waals surface area contributed by atoms with E-state index in [2.05, 4.69) is 10.3 Å². The van der Waals surface area contributed by atoms with Crippen LogP contribution < -0.4 is 5.32 Å². The fourth-order valence-electron chi connectivity index (χ4n) is 2.69. The summed E-state index contributed by atoms with van der Waals surface area (Å²) < 4.78 is 61.6. The molecule has 1 aliphatic rings. The fourth-order valence-corrected chi connectivity index (χ4v) is 4.78. The van der Waals surface area contributed by atoms with Crippen LogP contribution in [0.15, 0.2) is 18.3 Å². The van der Waals surface area contributed by atoms with Gasteiger partial charge in [0, 0.05) is 6.20 Å². The van der Waals surface area contributed by atoms with E-state index < -0.39 is 37.5 Å². The molecule has 1 N–H and O–H groups in total. The van der Waals surface area contributed by atoms with Crippen molar-refractivity contribution in [2.45, 2.75) is 55.7 Å². The molecule has 0 bridgehead atoms. The zero-order valence-electron chi connectivity index (χ0n) is 13.4. The maximum absolute atomic E-state index is 12.7. The standard InChI is InChI=1S/C15H19F3N2O3S/c1-14(2,24(22,23)11-5-3-4-6-11)13(21)20-12-9-10(7-8-19-12)15(16,17)18/h7-9,11H,3-6H2,1-2H3,(H,19,20,21). The van der Waals surface area contributed by atoms with Gasteiger partial charge in [0.1, 0.15) is 10.6 Å². The van der Waals surface area contributed by atoms with Crippen LogP contribution in [0.4, 0.5) is 19.0 Å². The Kier molecular flexibility index (Phi) is 4.94. The maximum atomic E-state index is 12.7. The molecule has 0 saturated heterocycles. The van der Waals surface area contributed by atoms with E-state index >= 15 is 0 Å². The number of anilines is 1. The van der Waals surface area contributed by atoms with Gasteiger partial charge in [-0.05, 0) is 38.8 Å². The van der Waals surface area contributed by atoms with Gasteiger partial charge in [-0.25, -0.2) is 13.4 Å². The predicted molar refractivity (Wildman–Crippen MR) is 83.1 cm³/mol. The molecule has 1 fully saturated rings. The lowest BCUT2D eigenvalue weighted by molar-refractivity contribution is -0.137. The number of carbonyl (C=O) groups is 1. The number of nitrogens with one attached hydrogen (secondary N) is 1. The number of amides is 1. The Balaban J connectivity index is 2.22.